The van der Waals surface area contributed by atoms with E-state index in [1.165, 1.54) is 0 Å². The van der Waals surface area contributed by atoms with Crippen LogP contribution in [0.25, 0.3) is 0 Å². The van der Waals surface area contributed by atoms with E-state index in [4.69, 9.17) is 9.84 Å². The predicted molar refractivity (Wildman–Crippen MR) is 46.6 cm³/mol. The van der Waals surface area contributed by atoms with Crippen molar-refractivity contribution in [1.82, 2.24) is 0 Å². The molecule has 1 heterocycles. The molecule has 7 nitrogen and oxygen atoms in total. The molecule has 0 unspecified atom stereocenters. The van der Waals surface area contributed by atoms with Crippen molar-refractivity contribution in [3.63, 3.8) is 0 Å². The molecule has 0 aromatic heterocycles. The van der Waals surface area contributed by atoms with Crippen molar-refractivity contribution >= 4 is 0 Å². The molecule has 1 saturated heterocycles. The Morgan fingerprint density at radius 1 is 1.27 bits per heavy atom. The van der Waals surface area contributed by atoms with E-state index < -0.39 is 42.9 Å². The lowest BCUT2D eigenvalue weighted by Crippen LogP contribution is -2.65. The van der Waals surface area contributed by atoms with Gasteiger partial charge in [0.2, 0.25) is 0 Å². The van der Waals surface area contributed by atoms with Gasteiger partial charge in [0.25, 0.3) is 0 Å². The molecular formula is C8H16O7. The van der Waals surface area contributed by atoms with Gasteiger partial charge in [-0.2, -0.15) is 0 Å². The van der Waals surface area contributed by atoms with Crippen LogP contribution in [0, 0.1) is 0 Å². The Morgan fingerprint density at radius 3 is 2.27 bits per heavy atom. The summed E-state index contributed by atoms with van der Waals surface area (Å²) in [5, 5.41) is 55.5. The average Bonchev–Trinajstić information content (AvgIpc) is 2.19. The lowest BCUT2D eigenvalue weighted by molar-refractivity contribution is -0.350. The summed E-state index contributed by atoms with van der Waals surface area (Å²) in [6.45, 7) is 0.393. The summed E-state index contributed by atoms with van der Waals surface area (Å²) in [5.74, 6) is -2.08. The molecule has 0 amide bonds. The largest absolute Gasteiger partial charge is 0.394 e. The third kappa shape index (κ3) is 2.28. The molecule has 0 aliphatic carbocycles. The van der Waals surface area contributed by atoms with Crippen LogP contribution in [0.4, 0.5) is 0 Å². The van der Waals surface area contributed by atoms with Gasteiger partial charge in [-0.3, -0.25) is 0 Å². The van der Waals surface area contributed by atoms with Crippen molar-refractivity contribution in [1.29, 1.82) is 0 Å². The summed E-state index contributed by atoms with van der Waals surface area (Å²) in [6.07, 6.45) is -7.73. The Balaban J connectivity index is 2.84. The molecule has 6 N–H and O–H groups in total. The molecular weight excluding hydrogens is 208 g/mol. The van der Waals surface area contributed by atoms with Gasteiger partial charge in [0.1, 0.15) is 30.5 Å². The van der Waals surface area contributed by atoms with Crippen LogP contribution in [0.15, 0.2) is 0 Å². The van der Waals surface area contributed by atoms with Crippen LogP contribution in [-0.4, -0.2) is 73.6 Å². The molecule has 0 spiro atoms. The van der Waals surface area contributed by atoms with Gasteiger partial charge >= 0.3 is 0 Å². The highest BCUT2D eigenvalue weighted by atomic mass is 16.7. The van der Waals surface area contributed by atoms with Gasteiger partial charge in [-0.15, -0.1) is 0 Å². The van der Waals surface area contributed by atoms with Gasteiger partial charge in [-0.25, -0.2) is 0 Å². The standard InChI is InChI=1S/C8H16O7/c1-8(14)7(13)5(12)4(11)6(15-8)3(10)2-9/h3-7,9-14H,2H2,1H3/t3-,4+,5+,6-,7+,8+/m1/s1. The van der Waals surface area contributed by atoms with Gasteiger partial charge in [0.15, 0.2) is 5.79 Å². The SMILES string of the molecule is C[C@]1(O)O[C@H]([C@H](O)CO)[C@@H](O)[C@H](O)[C@@H]1O. The van der Waals surface area contributed by atoms with Crippen LogP contribution in [0.1, 0.15) is 6.92 Å². The van der Waals surface area contributed by atoms with Gasteiger partial charge in [0.05, 0.1) is 6.61 Å². The molecule has 7 heteroatoms. The molecule has 0 saturated carbocycles. The third-order valence-electron chi connectivity index (χ3n) is 2.50. The summed E-state index contributed by atoms with van der Waals surface area (Å²) < 4.78 is 4.81. The number of ether oxygens (including phenoxy) is 1. The average molecular weight is 224 g/mol. The smallest absolute Gasteiger partial charge is 0.192 e. The number of aliphatic hydroxyl groups excluding tert-OH is 5. The Hall–Kier alpha value is -0.280. The second-order valence-electron chi connectivity index (χ2n) is 3.81. The first kappa shape index (κ1) is 12.8. The Bertz CT molecular complexity index is 219. The fourth-order valence-corrected chi connectivity index (χ4v) is 1.52. The van der Waals surface area contributed by atoms with Gasteiger partial charge < -0.3 is 35.4 Å². The highest BCUT2D eigenvalue weighted by Gasteiger charge is 2.51. The molecule has 6 atom stereocenters. The molecule has 0 bridgehead atoms. The number of hydrogen-bond acceptors (Lipinski definition) is 7. The normalized spacial score (nSPS) is 49.0. The molecule has 0 radical (unpaired) electrons. The zero-order valence-corrected chi connectivity index (χ0v) is 8.19. The Kier molecular flexibility index (Phi) is 3.67. The van der Waals surface area contributed by atoms with Gasteiger partial charge in [-0.05, 0) is 6.92 Å². The molecule has 90 valence electrons. The first-order valence-corrected chi connectivity index (χ1v) is 4.54. The van der Waals surface area contributed by atoms with E-state index in [1.807, 2.05) is 0 Å². The second kappa shape index (κ2) is 4.30. The maximum Gasteiger partial charge on any atom is 0.192 e. The fourth-order valence-electron chi connectivity index (χ4n) is 1.52. The summed E-state index contributed by atoms with van der Waals surface area (Å²) in [6, 6.07) is 0. The highest BCUT2D eigenvalue weighted by Crippen LogP contribution is 2.29. The molecule has 1 rings (SSSR count). The molecule has 15 heavy (non-hydrogen) atoms. The summed E-state index contributed by atoms with van der Waals surface area (Å²) in [7, 11) is 0. The lowest BCUT2D eigenvalue weighted by Gasteiger charge is -2.45. The van der Waals surface area contributed by atoms with Crippen LogP contribution in [0.5, 0.6) is 0 Å². The second-order valence-corrected chi connectivity index (χ2v) is 3.81. The Labute approximate surface area is 86.2 Å². The number of rotatable bonds is 2. The van der Waals surface area contributed by atoms with E-state index in [0.29, 0.717) is 0 Å². The van der Waals surface area contributed by atoms with E-state index in [2.05, 4.69) is 0 Å². The van der Waals surface area contributed by atoms with Gasteiger partial charge in [-0.1, -0.05) is 0 Å². The van der Waals surface area contributed by atoms with Crippen LogP contribution in [0.3, 0.4) is 0 Å². The van der Waals surface area contributed by atoms with E-state index in [0.717, 1.165) is 6.92 Å². The van der Waals surface area contributed by atoms with Crippen LogP contribution < -0.4 is 0 Å². The van der Waals surface area contributed by atoms with Crippen molar-refractivity contribution < 1.29 is 35.4 Å². The summed E-state index contributed by atoms with van der Waals surface area (Å²) >= 11 is 0. The van der Waals surface area contributed by atoms with Crippen molar-refractivity contribution in [2.24, 2.45) is 0 Å². The molecule has 1 aliphatic rings. The minimum absolute atomic E-state index is 0.694. The first-order valence-electron chi connectivity index (χ1n) is 4.54. The van der Waals surface area contributed by atoms with Crippen LogP contribution in [0.2, 0.25) is 0 Å². The zero-order chi connectivity index (χ0) is 11.8. The molecule has 1 aliphatic heterocycles. The van der Waals surface area contributed by atoms with E-state index in [9.17, 15) is 25.5 Å². The minimum atomic E-state index is -2.08. The lowest BCUT2D eigenvalue weighted by atomic mass is 9.91. The fraction of sp³-hybridized carbons (Fsp3) is 1.00. The third-order valence-corrected chi connectivity index (χ3v) is 2.50. The van der Waals surface area contributed by atoms with E-state index in [-0.39, 0.29) is 0 Å². The summed E-state index contributed by atoms with van der Waals surface area (Å²) in [4.78, 5) is 0. The monoisotopic (exact) mass is 224 g/mol. The van der Waals surface area contributed by atoms with E-state index >= 15 is 0 Å². The van der Waals surface area contributed by atoms with E-state index in [1.54, 1.807) is 0 Å². The summed E-state index contributed by atoms with van der Waals surface area (Å²) in [5.41, 5.74) is 0. The van der Waals surface area contributed by atoms with Crippen molar-refractivity contribution in [2.45, 2.75) is 43.2 Å². The quantitative estimate of drug-likeness (QED) is 0.287. The first-order chi connectivity index (χ1) is 6.81. The van der Waals surface area contributed by atoms with Crippen molar-refractivity contribution in [3.05, 3.63) is 0 Å². The minimum Gasteiger partial charge on any atom is -0.394 e. The highest BCUT2D eigenvalue weighted by molar-refractivity contribution is 4.96. The predicted octanol–water partition coefficient (Wildman–Crippen LogP) is -3.47. The maximum atomic E-state index is 9.51. The van der Waals surface area contributed by atoms with Crippen LogP contribution >= 0.6 is 0 Å². The zero-order valence-electron chi connectivity index (χ0n) is 8.19. The molecule has 1 fully saturated rings. The number of aliphatic hydroxyl groups is 6. The van der Waals surface area contributed by atoms with Crippen LogP contribution in [-0.2, 0) is 4.74 Å². The van der Waals surface area contributed by atoms with Gasteiger partial charge in [0, 0.05) is 0 Å². The molecule has 0 aromatic rings. The number of hydrogen-bond donors (Lipinski definition) is 6. The van der Waals surface area contributed by atoms with Crippen molar-refractivity contribution in [2.75, 3.05) is 6.61 Å². The molecule has 0 aromatic carbocycles. The topological polar surface area (TPSA) is 131 Å². The van der Waals surface area contributed by atoms with Crippen molar-refractivity contribution in [3.8, 4) is 0 Å². The maximum absolute atomic E-state index is 9.51. The Morgan fingerprint density at radius 2 is 1.80 bits per heavy atom.